The smallest absolute Gasteiger partial charge is 0.276 e. The van der Waals surface area contributed by atoms with Gasteiger partial charge in [0, 0.05) is 11.8 Å². The minimum atomic E-state index is -0.380. The lowest BCUT2D eigenvalue weighted by molar-refractivity contribution is 0.102. The van der Waals surface area contributed by atoms with Gasteiger partial charge in [0.15, 0.2) is 0 Å². The van der Waals surface area contributed by atoms with Crippen LogP contribution < -0.4 is 15.6 Å². The quantitative estimate of drug-likeness (QED) is 0.736. The lowest BCUT2D eigenvalue weighted by Gasteiger charge is -2.13. The van der Waals surface area contributed by atoms with Crippen molar-refractivity contribution >= 4 is 11.6 Å². The second-order valence-electron chi connectivity index (χ2n) is 6.81. The highest BCUT2D eigenvalue weighted by atomic mass is 16.5. The fourth-order valence-electron chi connectivity index (χ4n) is 3.30. The molecule has 0 radical (unpaired) electrons. The van der Waals surface area contributed by atoms with Gasteiger partial charge in [0.2, 0.25) is 0 Å². The maximum absolute atomic E-state index is 12.6. The van der Waals surface area contributed by atoms with Crippen molar-refractivity contribution in [2.75, 3.05) is 5.32 Å². The summed E-state index contributed by atoms with van der Waals surface area (Å²) in [4.78, 5) is 24.6. The lowest BCUT2D eigenvalue weighted by Crippen LogP contribution is -2.24. The Morgan fingerprint density at radius 3 is 2.39 bits per heavy atom. The van der Waals surface area contributed by atoms with E-state index in [2.05, 4.69) is 10.4 Å². The molecule has 1 aliphatic carbocycles. The number of para-hydroxylation sites is 1. The molecule has 6 nitrogen and oxygen atoms in total. The van der Waals surface area contributed by atoms with Gasteiger partial charge in [-0.05, 0) is 68.1 Å². The van der Waals surface area contributed by atoms with E-state index in [-0.39, 0.29) is 17.2 Å². The van der Waals surface area contributed by atoms with E-state index >= 15 is 0 Å². The number of ether oxygens (including phenoxy) is 1. The molecule has 1 aromatic heterocycles. The van der Waals surface area contributed by atoms with Crippen molar-refractivity contribution in [3.05, 3.63) is 82.8 Å². The van der Waals surface area contributed by atoms with E-state index in [4.69, 9.17) is 4.74 Å². The summed E-state index contributed by atoms with van der Waals surface area (Å²) in [5.74, 6) is 0.426. The standard InChI is InChI=1S/C22H21N3O3/c26-21-15-14-20(24-25(21)17-6-2-1-3-7-17)22(27)23-16-10-12-19(13-11-16)28-18-8-4-5-9-18/h1-3,6-7,10-15,18H,4-5,8-9H2,(H,23,27). The van der Waals surface area contributed by atoms with Gasteiger partial charge >= 0.3 is 0 Å². The van der Waals surface area contributed by atoms with Gasteiger partial charge in [-0.25, -0.2) is 0 Å². The zero-order valence-corrected chi connectivity index (χ0v) is 15.4. The predicted octanol–water partition coefficient (Wildman–Crippen LogP) is 3.81. The van der Waals surface area contributed by atoms with Gasteiger partial charge in [-0.3, -0.25) is 9.59 Å². The van der Waals surface area contributed by atoms with E-state index in [0.29, 0.717) is 17.5 Å². The molecule has 1 aliphatic rings. The van der Waals surface area contributed by atoms with Gasteiger partial charge in [-0.15, -0.1) is 0 Å². The first-order valence-corrected chi connectivity index (χ1v) is 9.43. The van der Waals surface area contributed by atoms with Crippen LogP contribution in [0.25, 0.3) is 5.69 Å². The molecule has 0 atom stereocenters. The molecule has 0 aliphatic heterocycles. The van der Waals surface area contributed by atoms with Crippen LogP contribution in [0, 0.1) is 0 Å². The maximum atomic E-state index is 12.6. The monoisotopic (exact) mass is 375 g/mol. The Morgan fingerprint density at radius 1 is 0.964 bits per heavy atom. The molecule has 0 unspecified atom stereocenters. The molecular formula is C22H21N3O3. The Morgan fingerprint density at radius 2 is 1.68 bits per heavy atom. The molecule has 0 saturated heterocycles. The van der Waals surface area contributed by atoms with E-state index < -0.39 is 0 Å². The van der Waals surface area contributed by atoms with Gasteiger partial charge in [0.05, 0.1) is 11.8 Å². The highest BCUT2D eigenvalue weighted by molar-refractivity contribution is 6.02. The molecule has 2 aromatic carbocycles. The van der Waals surface area contributed by atoms with E-state index in [1.54, 1.807) is 24.3 Å². The minimum Gasteiger partial charge on any atom is -0.490 e. The van der Waals surface area contributed by atoms with Crippen LogP contribution in [-0.2, 0) is 0 Å². The van der Waals surface area contributed by atoms with Crippen LogP contribution >= 0.6 is 0 Å². The number of rotatable bonds is 5. The van der Waals surface area contributed by atoms with Crippen molar-refractivity contribution in [2.45, 2.75) is 31.8 Å². The summed E-state index contributed by atoms with van der Waals surface area (Å²) in [5, 5.41) is 7.00. The van der Waals surface area contributed by atoms with E-state index in [9.17, 15) is 9.59 Å². The largest absolute Gasteiger partial charge is 0.490 e. The highest BCUT2D eigenvalue weighted by Crippen LogP contribution is 2.25. The van der Waals surface area contributed by atoms with Crippen LogP contribution in [0.2, 0.25) is 0 Å². The first kappa shape index (κ1) is 18.0. The van der Waals surface area contributed by atoms with Crippen molar-refractivity contribution in [3.63, 3.8) is 0 Å². The number of hydrogen-bond acceptors (Lipinski definition) is 4. The molecule has 28 heavy (non-hydrogen) atoms. The molecule has 1 heterocycles. The van der Waals surface area contributed by atoms with Gasteiger partial charge in [-0.1, -0.05) is 18.2 Å². The molecule has 0 spiro atoms. The first-order valence-electron chi connectivity index (χ1n) is 9.43. The van der Waals surface area contributed by atoms with Crippen molar-refractivity contribution in [1.29, 1.82) is 0 Å². The molecule has 1 amide bonds. The third-order valence-electron chi connectivity index (χ3n) is 4.75. The summed E-state index contributed by atoms with van der Waals surface area (Å²) in [5.41, 5.74) is 1.12. The fraction of sp³-hybridized carbons (Fsp3) is 0.227. The zero-order valence-electron chi connectivity index (χ0n) is 15.4. The number of amides is 1. The Bertz CT molecular complexity index is 1010. The number of hydrogen-bond donors (Lipinski definition) is 1. The number of nitrogens with zero attached hydrogens (tertiary/aromatic N) is 2. The van der Waals surface area contributed by atoms with Crippen molar-refractivity contribution < 1.29 is 9.53 Å². The molecule has 0 bridgehead atoms. The molecule has 1 saturated carbocycles. The third kappa shape index (κ3) is 4.11. The number of carbonyl (C=O) groups is 1. The molecule has 3 aromatic rings. The first-order chi connectivity index (χ1) is 13.7. The summed E-state index contributed by atoms with van der Waals surface area (Å²) in [6, 6.07) is 19.1. The van der Waals surface area contributed by atoms with Crippen molar-refractivity contribution in [2.24, 2.45) is 0 Å². The van der Waals surface area contributed by atoms with Crippen molar-refractivity contribution in [1.82, 2.24) is 9.78 Å². The Labute approximate surface area is 162 Å². The predicted molar refractivity (Wildman–Crippen MR) is 107 cm³/mol. The van der Waals surface area contributed by atoms with Crippen LogP contribution in [-0.4, -0.2) is 21.8 Å². The SMILES string of the molecule is O=C(Nc1ccc(OC2CCCC2)cc1)c1ccc(=O)n(-c2ccccc2)n1. The number of benzene rings is 2. The Kier molecular flexibility index (Phi) is 5.19. The number of carbonyl (C=O) groups excluding carboxylic acids is 1. The second kappa shape index (κ2) is 8.08. The number of nitrogens with one attached hydrogen (secondary N) is 1. The van der Waals surface area contributed by atoms with Crippen LogP contribution in [0.3, 0.4) is 0 Å². The molecule has 1 N–H and O–H groups in total. The van der Waals surface area contributed by atoms with Crippen LogP contribution in [0.1, 0.15) is 36.2 Å². The molecular weight excluding hydrogens is 354 g/mol. The normalized spacial score (nSPS) is 14.0. The molecule has 6 heteroatoms. The van der Waals surface area contributed by atoms with Gasteiger partial charge in [0.1, 0.15) is 11.4 Å². The Balaban J connectivity index is 1.47. The van der Waals surface area contributed by atoms with Crippen LogP contribution in [0.5, 0.6) is 5.75 Å². The fourth-order valence-corrected chi connectivity index (χ4v) is 3.30. The lowest BCUT2D eigenvalue weighted by atomic mass is 10.2. The van der Waals surface area contributed by atoms with Gasteiger partial charge in [0.25, 0.3) is 11.5 Å². The molecule has 1 fully saturated rings. The minimum absolute atomic E-state index is 0.162. The average molecular weight is 375 g/mol. The summed E-state index contributed by atoms with van der Waals surface area (Å²) in [7, 11) is 0. The summed E-state index contributed by atoms with van der Waals surface area (Å²) in [6.07, 6.45) is 4.93. The van der Waals surface area contributed by atoms with E-state index in [1.165, 1.54) is 29.7 Å². The van der Waals surface area contributed by atoms with Gasteiger partial charge in [-0.2, -0.15) is 9.78 Å². The number of aromatic nitrogens is 2. The molecule has 4 rings (SSSR count). The Hall–Kier alpha value is -3.41. The zero-order chi connectivity index (χ0) is 19.3. The second-order valence-corrected chi connectivity index (χ2v) is 6.81. The van der Waals surface area contributed by atoms with Crippen LogP contribution in [0.15, 0.2) is 71.5 Å². The summed E-state index contributed by atoms with van der Waals surface area (Å²) >= 11 is 0. The van der Waals surface area contributed by atoms with E-state index in [0.717, 1.165) is 18.6 Å². The average Bonchev–Trinajstić information content (AvgIpc) is 3.23. The third-order valence-corrected chi connectivity index (χ3v) is 4.75. The highest BCUT2D eigenvalue weighted by Gasteiger charge is 2.16. The number of anilines is 1. The van der Waals surface area contributed by atoms with E-state index in [1.807, 2.05) is 30.3 Å². The summed E-state index contributed by atoms with van der Waals surface area (Å²) in [6.45, 7) is 0. The molecule has 142 valence electrons. The van der Waals surface area contributed by atoms with Gasteiger partial charge < -0.3 is 10.1 Å². The van der Waals surface area contributed by atoms with Crippen molar-refractivity contribution in [3.8, 4) is 11.4 Å². The summed E-state index contributed by atoms with van der Waals surface area (Å²) < 4.78 is 7.15. The topological polar surface area (TPSA) is 73.2 Å². The van der Waals surface area contributed by atoms with Crippen LogP contribution in [0.4, 0.5) is 5.69 Å². The maximum Gasteiger partial charge on any atom is 0.276 e.